The molecule has 0 radical (unpaired) electrons. The number of alkyl halides is 3. The minimum absolute atomic E-state index is 0.0130. The van der Waals surface area contributed by atoms with Gasteiger partial charge in [0.2, 0.25) is 0 Å². The standard InChI is InChI=1S/C32H35F4NO3/c1-3-25(38-28-16-19-37(21-28)18-5-17-33)11-8-22(2)31-29(23-9-12-26(13-10-23)39-32(34)35)7-4-6-24-20-27(40-36)14-15-30(24)31/h3,8-15,20,28,32H,1,4-7,16-19,21H2,2H3/b22-8+,25-11+/t28-/m0/s1. The van der Waals surface area contributed by atoms with Crippen LogP contribution < -0.4 is 9.68 Å². The third-order valence-corrected chi connectivity index (χ3v) is 7.27. The molecule has 40 heavy (non-hydrogen) atoms. The molecule has 0 spiro atoms. The van der Waals surface area contributed by atoms with Gasteiger partial charge in [-0.3, -0.25) is 14.2 Å². The SMILES string of the molecule is C=C/C(=C\C=C(/C)C1=C(c2ccc(OC(F)F)cc2)CCCc2cc(OF)ccc21)O[C@H]1CCN(CCCF)C1. The zero-order valence-electron chi connectivity index (χ0n) is 22.7. The minimum atomic E-state index is -2.89. The van der Waals surface area contributed by atoms with Gasteiger partial charge in [-0.25, -0.2) is 0 Å². The Morgan fingerprint density at radius 2 is 1.88 bits per heavy atom. The summed E-state index contributed by atoms with van der Waals surface area (Å²) in [6, 6.07) is 11.8. The quantitative estimate of drug-likeness (QED) is 0.149. The molecule has 1 aliphatic heterocycles. The van der Waals surface area contributed by atoms with E-state index in [1.54, 1.807) is 42.5 Å². The van der Waals surface area contributed by atoms with Crippen molar-refractivity contribution in [1.29, 1.82) is 0 Å². The normalized spacial score (nSPS) is 18.5. The number of halogens is 4. The molecule has 8 heteroatoms. The fourth-order valence-corrected chi connectivity index (χ4v) is 5.41. The largest absolute Gasteiger partial charge is 0.489 e. The van der Waals surface area contributed by atoms with E-state index in [9.17, 15) is 17.7 Å². The molecule has 1 heterocycles. The van der Waals surface area contributed by atoms with Crippen LogP contribution in [0.25, 0.3) is 11.1 Å². The topological polar surface area (TPSA) is 30.9 Å². The first kappa shape index (κ1) is 29.5. The summed E-state index contributed by atoms with van der Waals surface area (Å²) in [6.45, 7) is 5.06. The number of fused-ring (bicyclic) bond motifs is 1. The number of benzene rings is 2. The summed E-state index contributed by atoms with van der Waals surface area (Å²) < 4.78 is 61.6. The van der Waals surface area contributed by atoms with Crippen LogP contribution in [0.2, 0.25) is 0 Å². The average Bonchev–Trinajstić information content (AvgIpc) is 3.31. The van der Waals surface area contributed by atoms with E-state index in [1.807, 2.05) is 25.1 Å². The molecule has 0 saturated carbocycles. The summed E-state index contributed by atoms with van der Waals surface area (Å²) in [5, 5.41) is 0. The van der Waals surface area contributed by atoms with Crippen LogP contribution in [0.15, 0.2) is 78.6 Å². The Balaban J connectivity index is 1.67. The van der Waals surface area contributed by atoms with Gasteiger partial charge in [-0.2, -0.15) is 8.78 Å². The van der Waals surface area contributed by atoms with E-state index in [0.717, 1.165) is 78.7 Å². The van der Waals surface area contributed by atoms with Gasteiger partial charge in [-0.1, -0.05) is 30.9 Å². The Morgan fingerprint density at radius 1 is 1.10 bits per heavy atom. The van der Waals surface area contributed by atoms with E-state index in [4.69, 9.17) is 4.74 Å². The summed E-state index contributed by atoms with van der Waals surface area (Å²) in [5.74, 6) is 0.885. The van der Waals surface area contributed by atoms with Crippen LogP contribution in [-0.2, 0) is 11.2 Å². The van der Waals surface area contributed by atoms with Crippen molar-refractivity contribution in [1.82, 2.24) is 4.90 Å². The third kappa shape index (κ3) is 7.56. The first-order valence-electron chi connectivity index (χ1n) is 13.6. The molecule has 2 aromatic carbocycles. The zero-order valence-corrected chi connectivity index (χ0v) is 22.7. The maximum Gasteiger partial charge on any atom is 0.387 e. The van der Waals surface area contributed by atoms with E-state index in [0.29, 0.717) is 12.2 Å². The fraction of sp³-hybridized carbons (Fsp3) is 0.375. The second kappa shape index (κ2) is 14.2. The molecule has 0 aromatic heterocycles. The lowest BCUT2D eigenvalue weighted by Gasteiger charge is -2.18. The molecule has 0 unspecified atom stereocenters. The zero-order chi connectivity index (χ0) is 28.5. The van der Waals surface area contributed by atoms with Gasteiger partial charge in [0.15, 0.2) is 5.75 Å². The summed E-state index contributed by atoms with van der Waals surface area (Å²) in [7, 11) is 0. The first-order valence-corrected chi connectivity index (χ1v) is 13.6. The van der Waals surface area contributed by atoms with Crippen LogP contribution in [0.1, 0.15) is 49.3 Å². The van der Waals surface area contributed by atoms with Gasteiger partial charge in [-0.05, 0) is 109 Å². The number of hydrogen-bond donors (Lipinski definition) is 0. The van der Waals surface area contributed by atoms with Crippen molar-refractivity contribution in [2.45, 2.75) is 51.7 Å². The molecule has 1 aliphatic carbocycles. The highest BCUT2D eigenvalue weighted by molar-refractivity contribution is 5.99. The molecule has 0 N–H and O–H groups in total. The minimum Gasteiger partial charge on any atom is -0.489 e. The van der Waals surface area contributed by atoms with Crippen molar-refractivity contribution >= 4 is 11.1 Å². The van der Waals surface area contributed by atoms with Crippen molar-refractivity contribution < 1.29 is 32.1 Å². The maximum absolute atomic E-state index is 13.0. The average molecular weight is 558 g/mol. The number of allylic oxidation sites excluding steroid dienone is 6. The van der Waals surface area contributed by atoms with Crippen LogP contribution in [-0.4, -0.2) is 43.9 Å². The Kier molecular flexibility index (Phi) is 10.5. The van der Waals surface area contributed by atoms with Crippen LogP contribution >= 0.6 is 0 Å². The Labute approximate surface area is 233 Å². The summed E-state index contributed by atoms with van der Waals surface area (Å²) in [5.41, 5.74) is 5.82. The van der Waals surface area contributed by atoms with Crippen LogP contribution in [0.5, 0.6) is 11.5 Å². The Morgan fingerprint density at radius 3 is 2.58 bits per heavy atom. The van der Waals surface area contributed by atoms with Gasteiger partial charge in [-0.15, -0.1) is 0 Å². The number of ether oxygens (including phenoxy) is 2. The van der Waals surface area contributed by atoms with Crippen molar-refractivity contribution in [3.63, 3.8) is 0 Å². The molecule has 0 bridgehead atoms. The van der Waals surface area contributed by atoms with Gasteiger partial charge in [0.25, 0.3) is 0 Å². The molecule has 1 saturated heterocycles. The lowest BCUT2D eigenvalue weighted by atomic mass is 9.88. The lowest BCUT2D eigenvalue weighted by Crippen LogP contribution is -2.24. The molecule has 4 rings (SSSR count). The van der Waals surface area contributed by atoms with Crippen LogP contribution in [0, 0.1) is 0 Å². The second-order valence-electron chi connectivity index (χ2n) is 10.0. The molecule has 0 amide bonds. The van der Waals surface area contributed by atoms with E-state index >= 15 is 0 Å². The second-order valence-corrected chi connectivity index (χ2v) is 10.0. The van der Waals surface area contributed by atoms with Gasteiger partial charge < -0.3 is 9.47 Å². The van der Waals surface area contributed by atoms with E-state index in [1.165, 1.54) is 0 Å². The molecular weight excluding hydrogens is 522 g/mol. The predicted molar refractivity (Wildman–Crippen MR) is 150 cm³/mol. The number of hydrogen-bond acceptors (Lipinski definition) is 4. The van der Waals surface area contributed by atoms with Gasteiger partial charge >= 0.3 is 6.61 Å². The molecule has 1 fully saturated rings. The van der Waals surface area contributed by atoms with Gasteiger partial charge in [0.1, 0.15) is 17.6 Å². The predicted octanol–water partition coefficient (Wildman–Crippen LogP) is 8.27. The monoisotopic (exact) mass is 557 g/mol. The Bertz CT molecular complexity index is 1250. The van der Waals surface area contributed by atoms with Crippen molar-refractivity contribution in [2.75, 3.05) is 26.3 Å². The number of aryl methyl sites for hydroxylation is 1. The van der Waals surface area contributed by atoms with Crippen molar-refractivity contribution in [2.24, 2.45) is 0 Å². The third-order valence-electron chi connectivity index (χ3n) is 7.27. The fourth-order valence-electron chi connectivity index (χ4n) is 5.41. The molecule has 2 aliphatic rings. The first-order chi connectivity index (χ1) is 19.4. The van der Waals surface area contributed by atoms with Crippen molar-refractivity contribution in [3.8, 4) is 11.5 Å². The maximum atomic E-state index is 13.0. The Hall–Kier alpha value is -3.52. The van der Waals surface area contributed by atoms with Crippen molar-refractivity contribution in [3.05, 3.63) is 95.3 Å². The van der Waals surface area contributed by atoms with E-state index in [-0.39, 0.29) is 24.3 Å². The highest BCUT2D eigenvalue weighted by atomic mass is 19.3. The highest BCUT2D eigenvalue weighted by Gasteiger charge is 2.24. The summed E-state index contributed by atoms with van der Waals surface area (Å²) in [6.07, 6.45) is 9.24. The lowest BCUT2D eigenvalue weighted by molar-refractivity contribution is -0.0498. The summed E-state index contributed by atoms with van der Waals surface area (Å²) in [4.78, 5) is 6.20. The molecule has 4 nitrogen and oxygen atoms in total. The number of likely N-dealkylation sites (tertiary alicyclic amines) is 1. The molecular formula is C32H35F4NO3. The highest BCUT2D eigenvalue weighted by Crippen LogP contribution is 2.41. The van der Waals surface area contributed by atoms with Gasteiger partial charge in [0.05, 0.1) is 6.67 Å². The summed E-state index contributed by atoms with van der Waals surface area (Å²) >= 11 is 0. The number of nitrogens with zero attached hydrogens (tertiary/aromatic N) is 1. The number of rotatable bonds is 12. The van der Waals surface area contributed by atoms with Crippen LogP contribution in [0.3, 0.4) is 0 Å². The van der Waals surface area contributed by atoms with E-state index in [2.05, 4.69) is 21.2 Å². The smallest absolute Gasteiger partial charge is 0.387 e. The van der Waals surface area contributed by atoms with E-state index < -0.39 is 6.61 Å². The molecule has 2 aromatic rings. The molecule has 214 valence electrons. The molecule has 1 atom stereocenters. The van der Waals surface area contributed by atoms with Crippen LogP contribution in [0.4, 0.5) is 17.7 Å². The van der Waals surface area contributed by atoms with Gasteiger partial charge in [0, 0.05) is 24.2 Å².